The van der Waals surface area contributed by atoms with E-state index in [9.17, 15) is 4.79 Å². The molecule has 1 fully saturated rings. The molecule has 1 amide bonds. The molecule has 1 aromatic rings. The molecule has 17 heavy (non-hydrogen) atoms. The number of hydrogen-bond donors (Lipinski definition) is 2. The highest BCUT2D eigenvalue weighted by Crippen LogP contribution is 2.30. The van der Waals surface area contributed by atoms with E-state index in [0.29, 0.717) is 17.4 Å². The Labute approximate surface area is 105 Å². The molecule has 0 aliphatic heterocycles. The Morgan fingerprint density at radius 1 is 1.41 bits per heavy atom. The maximum Gasteiger partial charge on any atom is 0.227 e. The van der Waals surface area contributed by atoms with E-state index in [1.54, 1.807) is 12.1 Å². The van der Waals surface area contributed by atoms with Gasteiger partial charge >= 0.3 is 0 Å². The molecule has 6 heteroatoms. The number of carbonyl (C=O) groups excluding carboxylic acids is 1. The number of hydrogen-bond acceptors (Lipinski definition) is 4. The number of nitrogens with two attached hydrogens (primary N) is 1. The third kappa shape index (κ3) is 3.38. The number of halogens is 1. The Morgan fingerprint density at radius 3 is 2.71 bits per heavy atom. The Balaban J connectivity index is 1.91. The van der Waals surface area contributed by atoms with Gasteiger partial charge in [-0.1, -0.05) is 24.4 Å². The van der Waals surface area contributed by atoms with Crippen molar-refractivity contribution in [2.24, 2.45) is 5.73 Å². The van der Waals surface area contributed by atoms with Gasteiger partial charge in [-0.05, 0) is 25.0 Å². The molecule has 5 nitrogen and oxygen atoms in total. The molecular weight excluding hydrogens is 240 g/mol. The van der Waals surface area contributed by atoms with Gasteiger partial charge < -0.3 is 11.1 Å². The molecule has 0 saturated heterocycles. The molecule has 92 valence electrons. The summed E-state index contributed by atoms with van der Waals surface area (Å²) in [5, 5.41) is 10.4. The van der Waals surface area contributed by atoms with Gasteiger partial charge in [0.05, 0.1) is 0 Å². The van der Waals surface area contributed by atoms with Gasteiger partial charge in [-0.2, -0.15) is 0 Å². The van der Waals surface area contributed by atoms with Crippen LogP contribution in [0.25, 0.3) is 0 Å². The molecule has 1 aromatic heterocycles. The molecule has 1 aliphatic carbocycles. The molecule has 0 bridgehead atoms. The molecule has 0 radical (unpaired) electrons. The Bertz CT molecular complexity index is 400. The number of amides is 1. The van der Waals surface area contributed by atoms with Crippen LogP contribution in [-0.4, -0.2) is 21.6 Å². The summed E-state index contributed by atoms with van der Waals surface area (Å²) in [6.45, 7) is 0. The lowest BCUT2D eigenvalue weighted by Crippen LogP contribution is -2.40. The Morgan fingerprint density at radius 2 is 2.12 bits per heavy atom. The second kappa shape index (κ2) is 4.98. The molecule has 1 aliphatic rings. The van der Waals surface area contributed by atoms with Crippen molar-refractivity contribution < 1.29 is 4.79 Å². The van der Waals surface area contributed by atoms with E-state index in [1.165, 1.54) is 0 Å². The smallest absolute Gasteiger partial charge is 0.227 e. The van der Waals surface area contributed by atoms with E-state index >= 15 is 0 Å². The maximum absolute atomic E-state index is 11.8. The highest BCUT2D eigenvalue weighted by molar-refractivity contribution is 6.29. The van der Waals surface area contributed by atoms with Crippen molar-refractivity contribution in [3.05, 3.63) is 17.3 Å². The third-order valence-electron chi connectivity index (χ3n) is 3.01. The first-order valence-electron chi connectivity index (χ1n) is 5.65. The lowest BCUT2D eigenvalue weighted by Gasteiger charge is -2.22. The Kier molecular flexibility index (Phi) is 3.59. The highest BCUT2D eigenvalue weighted by atomic mass is 35.5. The number of rotatable bonds is 3. The van der Waals surface area contributed by atoms with Crippen LogP contribution >= 0.6 is 11.6 Å². The first-order chi connectivity index (χ1) is 8.07. The van der Waals surface area contributed by atoms with Gasteiger partial charge in [-0.15, -0.1) is 10.2 Å². The van der Waals surface area contributed by atoms with Crippen molar-refractivity contribution in [3.63, 3.8) is 0 Å². The molecule has 0 atom stereocenters. The SMILES string of the molecule is NC1(CC(=O)Nc2ccc(Cl)nn2)CCCC1. The number of nitrogens with zero attached hydrogens (tertiary/aromatic N) is 2. The van der Waals surface area contributed by atoms with Gasteiger partial charge in [0.2, 0.25) is 5.91 Å². The summed E-state index contributed by atoms with van der Waals surface area (Å²) in [5.74, 6) is 0.284. The monoisotopic (exact) mass is 254 g/mol. The van der Waals surface area contributed by atoms with E-state index in [-0.39, 0.29) is 11.4 Å². The van der Waals surface area contributed by atoms with Gasteiger partial charge in [-0.25, -0.2) is 0 Å². The topological polar surface area (TPSA) is 80.9 Å². The summed E-state index contributed by atoms with van der Waals surface area (Å²) < 4.78 is 0. The summed E-state index contributed by atoms with van der Waals surface area (Å²) in [7, 11) is 0. The lowest BCUT2D eigenvalue weighted by molar-refractivity contribution is -0.117. The summed E-state index contributed by atoms with van der Waals surface area (Å²) in [4.78, 5) is 11.8. The molecule has 0 unspecified atom stereocenters. The quantitative estimate of drug-likeness (QED) is 0.861. The number of nitrogens with one attached hydrogen (secondary N) is 1. The van der Waals surface area contributed by atoms with Crippen LogP contribution in [0.3, 0.4) is 0 Å². The van der Waals surface area contributed by atoms with Crippen molar-refractivity contribution in [2.75, 3.05) is 5.32 Å². The number of anilines is 1. The fraction of sp³-hybridized carbons (Fsp3) is 0.545. The average molecular weight is 255 g/mol. The van der Waals surface area contributed by atoms with Gasteiger partial charge in [0, 0.05) is 12.0 Å². The summed E-state index contributed by atoms with van der Waals surface area (Å²) in [6.07, 6.45) is 4.35. The van der Waals surface area contributed by atoms with Gasteiger partial charge in [0.1, 0.15) is 0 Å². The molecule has 3 N–H and O–H groups in total. The highest BCUT2D eigenvalue weighted by Gasteiger charge is 2.31. The fourth-order valence-electron chi connectivity index (χ4n) is 2.15. The zero-order valence-electron chi connectivity index (χ0n) is 9.45. The first-order valence-corrected chi connectivity index (χ1v) is 6.03. The number of aromatic nitrogens is 2. The standard InChI is InChI=1S/C11H15ClN4O/c12-8-3-4-9(16-15-8)14-10(17)7-11(13)5-1-2-6-11/h3-4H,1-2,5-7,13H2,(H,14,16,17). The minimum absolute atomic E-state index is 0.119. The van der Waals surface area contributed by atoms with Crippen LogP contribution in [0, 0.1) is 0 Å². The van der Waals surface area contributed by atoms with Gasteiger partial charge in [0.15, 0.2) is 11.0 Å². The van der Waals surface area contributed by atoms with Crippen molar-refractivity contribution in [1.82, 2.24) is 10.2 Å². The largest absolute Gasteiger partial charge is 0.325 e. The van der Waals surface area contributed by atoms with E-state index in [1.807, 2.05) is 0 Å². The number of carbonyl (C=O) groups is 1. The Hall–Kier alpha value is -1.20. The molecular formula is C11H15ClN4O. The van der Waals surface area contributed by atoms with Crippen LogP contribution in [0.5, 0.6) is 0 Å². The fourth-order valence-corrected chi connectivity index (χ4v) is 2.25. The van der Waals surface area contributed by atoms with Gasteiger partial charge in [0.25, 0.3) is 0 Å². The van der Waals surface area contributed by atoms with Crippen molar-refractivity contribution in [1.29, 1.82) is 0 Å². The average Bonchev–Trinajstić information content (AvgIpc) is 2.68. The predicted molar refractivity (Wildman–Crippen MR) is 65.7 cm³/mol. The minimum atomic E-state index is -0.343. The molecule has 0 aromatic carbocycles. The first kappa shape index (κ1) is 12.3. The van der Waals surface area contributed by atoms with Crippen LogP contribution in [0.2, 0.25) is 5.15 Å². The van der Waals surface area contributed by atoms with Crippen LogP contribution in [-0.2, 0) is 4.79 Å². The second-order valence-electron chi connectivity index (χ2n) is 4.54. The normalized spacial score (nSPS) is 18.0. The summed E-state index contributed by atoms with van der Waals surface area (Å²) in [5.41, 5.74) is 5.78. The molecule has 1 saturated carbocycles. The molecule has 0 spiro atoms. The zero-order valence-corrected chi connectivity index (χ0v) is 10.2. The van der Waals surface area contributed by atoms with Crippen molar-refractivity contribution in [2.45, 2.75) is 37.6 Å². The predicted octanol–water partition coefficient (Wildman–Crippen LogP) is 1.73. The molecule has 2 rings (SSSR count). The maximum atomic E-state index is 11.8. The lowest BCUT2D eigenvalue weighted by atomic mass is 9.94. The molecule has 1 heterocycles. The van der Waals surface area contributed by atoms with E-state index in [0.717, 1.165) is 25.7 Å². The summed E-state index contributed by atoms with van der Waals surface area (Å²) in [6, 6.07) is 3.20. The summed E-state index contributed by atoms with van der Waals surface area (Å²) >= 11 is 5.60. The van der Waals surface area contributed by atoms with Crippen molar-refractivity contribution in [3.8, 4) is 0 Å². The van der Waals surface area contributed by atoms with E-state index in [2.05, 4.69) is 15.5 Å². The van der Waals surface area contributed by atoms with Crippen LogP contribution in [0.1, 0.15) is 32.1 Å². The zero-order chi connectivity index (χ0) is 12.3. The van der Waals surface area contributed by atoms with E-state index < -0.39 is 0 Å². The van der Waals surface area contributed by atoms with Crippen LogP contribution < -0.4 is 11.1 Å². The van der Waals surface area contributed by atoms with Crippen molar-refractivity contribution >= 4 is 23.3 Å². The third-order valence-corrected chi connectivity index (χ3v) is 3.21. The minimum Gasteiger partial charge on any atom is -0.325 e. The van der Waals surface area contributed by atoms with Crippen LogP contribution in [0.15, 0.2) is 12.1 Å². The van der Waals surface area contributed by atoms with Crippen LogP contribution in [0.4, 0.5) is 5.82 Å². The van der Waals surface area contributed by atoms with Gasteiger partial charge in [-0.3, -0.25) is 4.79 Å². The van der Waals surface area contributed by atoms with E-state index in [4.69, 9.17) is 17.3 Å². The second-order valence-corrected chi connectivity index (χ2v) is 4.92.